The van der Waals surface area contributed by atoms with Gasteiger partial charge in [-0.2, -0.15) is 5.10 Å². The maximum atomic E-state index is 9.94. The van der Waals surface area contributed by atoms with Crippen LogP contribution in [0.3, 0.4) is 0 Å². The summed E-state index contributed by atoms with van der Waals surface area (Å²) >= 11 is 0. The molecule has 0 saturated carbocycles. The van der Waals surface area contributed by atoms with E-state index in [0.717, 1.165) is 11.6 Å². The molecule has 2 rings (SSSR count). The third-order valence-corrected chi connectivity index (χ3v) is 2.81. The fraction of sp³-hybridized carbons (Fsp3) is 0.429. The number of hydrogen-bond acceptors (Lipinski definition) is 4. The number of aromatic nitrogens is 3. The van der Waals surface area contributed by atoms with Crippen molar-refractivity contribution in [2.24, 2.45) is 0 Å². The normalized spacial score (nSPS) is 12.4. The molecule has 0 fully saturated rings. The van der Waals surface area contributed by atoms with E-state index in [1.807, 2.05) is 45.0 Å². The third-order valence-electron chi connectivity index (χ3n) is 2.81. The summed E-state index contributed by atoms with van der Waals surface area (Å²) in [6.07, 6.45) is -0.610. The van der Waals surface area contributed by atoms with Gasteiger partial charge in [-0.05, 0) is 32.9 Å². The average Bonchev–Trinajstić information content (AvgIpc) is 2.67. The first-order valence-electron chi connectivity index (χ1n) is 6.30. The van der Waals surface area contributed by atoms with Gasteiger partial charge in [0.2, 0.25) is 0 Å². The summed E-state index contributed by atoms with van der Waals surface area (Å²) in [5, 5.41) is 14.1. The summed E-state index contributed by atoms with van der Waals surface area (Å²) in [5.74, 6) is 2.27. The number of rotatable bonds is 5. The average molecular weight is 261 g/mol. The molecule has 0 saturated heterocycles. The molecule has 1 aromatic heterocycles. The van der Waals surface area contributed by atoms with Crippen molar-refractivity contribution < 1.29 is 9.84 Å². The lowest BCUT2D eigenvalue weighted by atomic mass is 10.2. The molecule has 1 N–H and O–H groups in total. The van der Waals surface area contributed by atoms with E-state index < -0.39 is 6.10 Å². The van der Waals surface area contributed by atoms with Gasteiger partial charge in [-0.1, -0.05) is 17.7 Å². The minimum Gasteiger partial charge on any atom is -0.491 e. The molecule has 0 aliphatic carbocycles. The van der Waals surface area contributed by atoms with Crippen molar-refractivity contribution in [3.63, 3.8) is 0 Å². The molecule has 2 aromatic rings. The van der Waals surface area contributed by atoms with E-state index in [-0.39, 0.29) is 6.61 Å². The van der Waals surface area contributed by atoms with Crippen molar-refractivity contribution >= 4 is 0 Å². The van der Waals surface area contributed by atoms with Crippen LogP contribution in [-0.4, -0.2) is 32.6 Å². The van der Waals surface area contributed by atoms with Crippen molar-refractivity contribution in [3.8, 4) is 5.75 Å². The Morgan fingerprint density at radius 1 is 1.21 bits per heavy atom. The number of aliphatic hydroxyl groups excluding tert-OH is 1. The highest BCUT2D eigenvalue weighted by Gasteiger charge is 2.10. The zero-order valence-electron chi connectivity index (χ0n) is 11.5. The highest BCUT2D eigenvalue weighted by Crippen LogP contribution is 2.11. The predicted octanol–water partition coefficient (Wildman–Crippen LogP) is 1.64. The van der Waals surface area contributed by atoms with Crippen molar-refractivity contribution in [2.45, 2.75) is 33.4 Å². The third kappa shape index (κ3) is 3.79. The summed E-state index contributed by atoms with van der Waals surface area (Å²) in [7, 11) is 0. The smallest absolute Gasteiger partial charge is 0.147 e. The fourth-order valence-corrected chi connectivity index (χ4v) is 1.81. The molecule has 0 amide bonds. The Kier molecular flexibility index (Phi) is 4.16. The molecule has 1 atom stereocenters. The number of aryl methyl sites for hydroxylation is 3. The fourth-order valence-electron chi connectivity index (χ4n) is 1.81. The van der Waals surface area contributed by atoms with Gasteiger partial charge >= 0.3 is 0 Å². The molecular weight excluding hydrogens is 242 g/mol. The monoisotopic (exact) mass is 261 g/mol. The summed E-state index contributed by atoms with van der Waals surface area (Å²) in [4.78, 5) is 4.19. The number of aliphatic hydroxyl groups is 1. The van der Waals surface area contributed by atoms with Gasteiger partial charge in [-0.3, -0.25) is 0 Å². The molecule has 5 nitrogen and oxygen atoms in total. The second-order valence-electron chi connectivity index (χ2n) is 4.67. The van der Waals surface area contributed by atoms with Crippen molar-refractivity contribution in [1.29, 1.82) is 0 Å². The van der Waals surface area contributed by atoms with Gasteiger partial charge in [0, 0.05) is 0 Å². The van der Waals surface area contributed by atoms with Gasteiger partial charge in [0.15, 0.2) is 0 Å². The molecule has 0 aliphatic heterocycles. The molecule has 1 unspecified atom stereocenters. The Balaban J connectivity index is 1.86. The first kappa shape index (κ1) is 13.5. The highest BCUT2D eigenvalue weighted by molar-refractivity contribution is 5.26. The van der Waals surface area contributed by atoms with E-state index in [9.17, 15) is 5.11 Å². The van der Waals surface area contributed by atoms with Crippen LogP contribution < -0.4 is 4.74 Å². The topological polar surface area (TPSA) is 60.2 Å². The zero-order chi connectivity index (χ0) is 13.8. The SMILES string of the molecule is Cc1ccc(OCC(O)Cn2nc(C)nc2C)cc1. The van der Waals surface area contributed by atoms with Crippen molar-refractivity contribution in [3.05, 3.63) is 41.5 Å². The van der Waals surface area contributed by atoms with Crippen LogP contribution in [0.15, 0.2) is 24.3 Å². The second kappa shape index (κ2) is 5.84. The van der Waals surface area contributed by atoms with Gasteiger partial charge in [-0.25, -0.2) is 9.67 Å². The zero-order valence-corrected chi connectivity index (χ0v) is 11.5. The van der Waals surface area contributed by atoms with Crippen LogP contribution in [0.4, 0.5) is 0 Å². The quantitative estimate of drug-likeness (QED) is 0.889. The van der Waals surface area contributed by atoms with E-state index in [1.165, 1.54) is 5.56 Å². The predicted molar refractivity (Wildman–Crippen MR) is 72.2 cm³/mol. The van der Waals surface area contributed by atoms with Gasteiger partial charge in [0.25, 0.3) is 0 Å². The van der Waals surface area contributed by atoms with Crippen LogP contribution in [0, 0.1) is 20.8 Å². The van der Waals surface area contributed by atoms with Crippen LogP contribution in [0.25, 0.3) is 0 Å². The first-order valence-corrected chi connectivity index (χ1v) is 6.30. The van der Waals surface area contributed by atoms with Crippen molar-refractivity contribution in [1.82, 2.24) is 14.8 Å². The molecule has 0 bridgehead atoms. The van der Waals surface area contributed by atoms with Gasteiger partial charge < -0.3 is 9.84 Å². The lowest BCUT2D eigenvalue weighted by Gasteiger charge is -2.13. The molecule has 1 aromatic carbocycles. The van der Waals surface area contributed by atoms with Crippen LogP contribution >= 0.6 is 0 Å². The Labute approximate surface area is 112 Å². The lowest BCUT2D eigenvalue weighted by Crippen LogP contribution is -2.24. The Hall–Kier alpha value is -1.88. The minimum atomic E-state index is -0.610. The Morgan fingerprint density at radius 2 is 1.89 bits per heavy atom. The van der Waals surface area contributed by atoms with Gasteiger partial charge in [0.05, 0.1) is 6.54 Å². The van der Waals surface area contributed by atoms with E-state index in [1.54, 1.807) is 4.68 Å². The van der Waals surface area contributed by atoms with E-state index in [2.05, 4.69) is 10.1 Å². The van der Waals surface area contributed by atoms with E-state index in [0.29, 0.717) is 12.4 Å². The number of ether oxygens (including phenoxy) is 1. The minimum absolute atomic E-state index is 0.238. The Bertz CT molecular complexity index is 534. The highest BCUT2D eigenvalue weighted by atomic mass is 16.5. The molecule has 5 heteroatoms. The largest absolute Gasteiger partial charge is 0.491 e. The van der Waals surface area contributed by atoms with E-state index in [4.69, 9.17) is 4.74 Å². The number of benzene rings is 1. The molecule has 19 heavy (non-hydrogen) atoms. The Morgan fingerprint density at radius 3 is 2.47 bits per heavy atom. The molecule has 0 aliphatic rings. The molecule has 1 heterocycles. The number of hydrogen-bond donors (Lipinski definition) is 1. The van der Waals surface area contributed by atoms with Crippen molar-refractivity contribution in [2.75, 3.05) is 6.61 Å². The van der Waals surface area contributed by atoms with Crippen LogP contribution in [-0.2, 0) is 6.54 Å². The summed E-state index contributed by atoms with van der Waals surface area (Å²) in [6, 6.07) is 7.75. The van der Waals surface area contributed by atoms with Crippen LogP contribution in [0.2, 0.25) is 0 Å². The molecular formula is C14H19N3O2. The molecule has 102 valence electrons. The molecule has 0 spiro atoms. The van der Waals surface area contributed by atoms with Gasteiger partial charge in [-0.15, -0.1) is 0 Å². The van der Waals surface area contributed by atoms with Gasteiger partial charge in [0.1, 0.15) is 30.1 Å². The number of nitrogens with zero attached hydrogens (tertiary/aromatic N) is 3. The summed E-state index contributed by atoms with van der Waals surface area (Å²) < 4.78 is 7.22. The standard InChI is InChI=1S/C14H19N3O2/c1-10-4-6-14(7-5-10)19-9-13(18)8-17-12(3)15-11(2)16-17/h4-7,13,18H,8-9H2,1-3H3. The summed E-state index contributed by atoms with van der Waals surface area (Å²) in [5.41, 5.74) is 1.18. The summed E-state index contributed by atoms with van der Waals surface area (Å²) in [6.45, 7) is 6.35. The molecule has 0 radical (unpaired) electrons. The van der Waals surface area contributed by atoms with E-state index >= 15 is 0 Å². The first-order chi connectivity index (χ1) is 9.04. The lowest BCUT2D eigenvalue weighted by molar-refractivity contribution is 0.0886. The maximum absolute atomic E-state index is 9.94. The van der Waals surface area contributed by atoms with Crippen LogP contribution in [0.5, 0.6) is 5.75 Å². The van der Waals surface area contributed by atoms with Crippen LogP contribution in [0.1, 0.15) is 17.2 Å². The maximum Gasteiger partial charge on any atom is 0.147 e. The second-order valence-corrected chi connectivity index (χ2v) is 4.67.